The van der Waals surface area contributed by atoms with Gasteiger partial charge in [-0.25, -0.2) is 8.42 Å². The molecule has 2 aromatic carbocycles. The summed E-state index contributed by atoms with van der Waals surface area (Å²) in [6.07, 6.45) is 2.03. The van der Waals surface area contributed by atoms with Crippen LogP contribution in [0.5, 0.6) is 0 Å². The van der Waals surface area contributed by atoms with Crippen LogP contribution in [-0.4, -0.2) is 55.8 Å². The van der Waals surface area contributed by atoms with E-state index in [4.69, 9.17) is 0 Å². The molecule has 0 saturated carbocycles. The molecule has 1 atom stereocenters. The number of amides is 1. The molecule has 1 fully saturated rings. The number of benzene rings is 2. The van der Waals surface area contributed by atoms with Gasteiger partial charge < -0.3 is 10.4 Å². The summed E-state index contributed by atoms with van der Waals surface area (Å²) in [5.74, 6) is -0.00927. The van der Waals surface area contributed by atoms with Gasteiger partial charge >= 0.3 is 0 Å². The van der Waals surface area contributed by atoms with Gasteiger partial charge in [-0.1, -0.05) is 29.8 Å². The van der Waals surface area contributed by atoms with Crippen molar-refractivity contribution >= 4 is 15.7 Å². The Bertz CT molecular complexity index is 964. The summed E-state index contributed by atoms with van der Waals surface area (Å²) >= 11 is 0. The maximum Gasteiger partial charge on any atom is 0.251 e. The molecule has 0 radical (unpaired) electrons. The van der Waals surface area contributed by atoms with E-state index in [1.54, 1.807) is 43.3 Å². The number of aliphatic hydroxyl groups excluding tert-OH is 1. The van der Waals surface area contributed by atoms with Crippen LogP contribution < -0.4 is 5.32 Å². The van der Waals surface area contributed by atoms with E-state index in [0.29, 0.717) is 11.5 Å². The van der Waals surface area contributed by atoms with Crippen LogP contribution in [0.25, 0.3) is 0 Å². The standard InChI is InChI=1S/C24H32N2O4S/c1-18-3-9-23(10-4-18)31(29,30)17-19(2)25-24(28)22-7-5-20(6-8-22)15-26-13-11-21(16-27)12-14-26/h3-10,19,21,27H,11-17H2,1-2H3,(H,25,28). The molecule has 0 aromatic heterocycles. The molecule has 1 saturated heterocycles. The maximum absolute atomic E-state index is 12.6. The highest BCUT2D eigenvalue weighted by atomic mass is 32.2. The van der Waals surface area contributed by atoms with Gasteiger partial charge in [-0.2, -0.15) is 0 Å². The minimum atomic E-state index is -3.47. The SMILES string of the molecule is Cc1ccc(S(=O)(=O)CC(C)NC(=O)c2ccc(CN3CCC(CO)CC3)cc2)cc1. The smallest absolute Gasteiger partial charge is 0.251 e. The molecule has 31 heavy (non-hydrogen) atoms. The summed E-state index contributed by atoms with van der Waals surface area (Å²) < 4.78 is 25.2. The average molecular weight is 445 g/mol. The molecule has 2 N–H and O–H groups in total. The Morgan fingerprint density at radius 1 is 1.10 bits per heavy atom. The number of aliphatic hydroxyl groups is 1. The van der Waals surface area contributed by atoms with Crippen LogP contribution in [-0.2, 0) is 16.4 Å². The molecule has 3 rings (SSSR count). The van der Waals surface area contributed by atoms with E-state index in [2.05, 4.69) is 10.2 Å². The Kier molecular flexibility index (Phi) is 7.86. The van der Waals surface area contributed by atoms with Gasteiger partial charge in [0.1, 0.15) is 0 Å². The van der Waals surface area contributed by atoms with Gasteiger partial charge in [0.25, 0.3) is 5.91 Å². The zero-order valence-electron chi connectivity index (χ0n) is 18.3. The lowest BCUT2D eigenvalue weighted by Crippen LogP contribution is -2.37. The van der Waals surface area contributed by atoms with Crippen molar-refractivity contribution in [2.75, 3.05) is 25.4 Å². The number of likely N-dealkylation sites (tertiary alicyclic amines) is 1. The van der Waals surface area contributed by atoms with Crippen molar-refractivity contribution < 1.29 is 18.3 Å². The predicted octanol–water partition coefficient (Wildman–Crippen LogP) is 2.79. The Morgan fingerprint density at radius 3 is 2.29 bits per heavy atom. The van der Waals surface area contributed by atoms with Crippen molar-refractivity contribution in [2.45, 2.75) is 44.2 Å². The highest BCUT2D eigenvalue weighted by Gasteiger charge is 2.21. The van der Waals surface area contributed by atoms with Gasteiger partial charge in [-0.15, -0.1) is 0 Å². The molecule has 1 heterocycles. The lowest BCUT2D eigenvalue weighted by Gasteiger charge is -2.31. The fourth-order valence-corrected chi connectivity index (χ4v) is 5.35. The van der Waals surface area contributed by atoms with E-state index in [0.717, 1.165) is 43.6 Å². The third-order valence-electron chi connectivity index (χ3n) is 5.81. The van der Waals surface area contributed by atoms with Gasteiger partial charge in [0.15, 0.2) is 9.84 Å². The minimum Gasteiger partial charge on any atom is -0.396 e. The van der Waals surface area contributed by atoms with E-state index in [1.807, 2.05) is 19.1 Å². The second-order valence-corrected chi connectivity index (χ2v) is 10.6. The van der Waals surface area contributed by atoms with Crippen molar-refractivity contribution in [3.63, 3.8) is 0 Å². The molecule has 1 aliphatic rings. The Balaban J connectivity index is 1.52. The summed E-state index contributed by atoms with van der Waals surface area (Å²) in [7, 11) is -3.47. The topological polar surface area (TPSA) is 86.7 Å². The van der Waals surface area contributed by atoms with E-state index in [1.165, 1.54) is 0 Å². The molecule has 0 bridgehead atoms. The highest BCUT2D eigenvalue weighted by molar-refractivity contribution is 7.91. The number of rotatable bonds is 8. The first-order valence-corrected chi connectivity index (χ1v) is 12.4. The predicted molar refractivity (Wildman–Crippen MR) is 122 cm³/mol. The molecule has 1 amide bonds. The van der Waals surface area contributed by atoms with E-state index < -0.39 is 15.9 Å². The third-order valence-corrected chi connectivity index (χ3v) is 7.74. The first-order chi connectivity index (χ1) is 14.8. The van der Waals surface area contributed by atoms with E-state index >= 15 is 0 Å². The Labute approximate surface area is 185 Å². The molecule has 7 heteroatoms. The van der Waals surface area contributed by atoms with Crippen molar-refractivity contribution in [1.82, 2.24) is 10.2 Å². The van der Waals surface area contributed by atoms with Gasteiger partial charge in [0.05, 0.1) is 10.6 Å². The number of sulfone groups is 1. The van der Waals surface area contributed by atoms with Crippen LogP contribution in [0.15, 0.2) is 53.4 Å². The number of hydrogen-bond donors (Lipinski definition) is 2. The zero-order valence-corrected chi connectivity index (χ0v) is 19.1. The summed E-state index contributed by atoms with van der Waals surface area (Å²) in [6, 6.07) is 13.7. The largest absolute Gasteiger partial charge is 0.396 e. The Hall–Kier alpha value is -2.22. The van der Waals surface area contributed by atoms with E-state index in [-0.39, 0.29) is 23.2 Å². The second-order valence-electron chi connectivity index (χ2n) is 8.57. The molecule has 6 nitrogen and oxygen atoms in total. The lowest BCUT2D eigenvalue weighted by atomic mass is 9.97. The van der Waals surface area contributed by atoms with Crippen molar-refractivity contribution in [3.05, 3.63) is 65.2 Å². The summed E-state index contributed by atoms with van der Waals surface area (Å²) in [5.41, 5.74) is 2.65. The van der Waals surface area contributed by atoms with Gasteiger partial charge in [0, 0.05) is 24.8 Å². The number of carbonyl (C=O) groups is 1. The summed E-state index contributed by atoms with van der Waals surface area (Å²) in [5, 5.41) is 12.0. The van der Waals surface area contributed by atoms with E-state index in [9.17, 15) is 18.3 Å². The number of hydrogen-bond acceptors (Lipinski definition) is 5. The molecular weight excluding hydrogens is 412 g/mol. The second kappa shape index (κ2) is 10.4. The fraction of sp³-hybridized carbons (Fsp3) is 0.458. The minimum absolute atomic E-state index is 0.149. The number of aryl methyl sites for hydroxylation is 1. The number of nitrogens with one attached hydrogen (secondary N) is 1. The lowest BCUT2D eigenvalue weighted by molar-refractivity contribution is 0.0943. The van der Waals surface area contributed by atoms with Crippen molar-refractivity contribution in [3.8, 4) is 0 Å². The molecular formula is C24H32N2O4S. The molecule has 168 valence electrons. The van der Waals surface area contributed by atoms with Gasteiger partial charge in [-0.05, 0) is 75.5 Å². The van der Waals surface area contributed by atoms with Gasteiger partial charge in [-0.3, -0.25) is 9.69 Å². The van der Waals surface area contributed by atoms with Gasteiger partial charge in [0.2, 0.25) is 0 Å². The molecule has 0 spiro atoms. The average Bonchev–Trinajstić information content (AvgIpc) is 2.74. The van der Waals surface area contributed by atoms with Crippen molar-refractivity contribution in [2.24, 2.45) is 5.92 Å². The first-order valence-electron chi connectivity index (χ1n) is 10.8. The van der Waals surface area contributed by atoms with Crippen molar-refractivity contribution in [1.29, 1.82) is 0 Å². The van der Waals surface area contributed by atoms with Crippen LogP contribution >= 0.6 is 0 Å². The Morgan fingerprint density at radius 2 is 1.71 bits per heavy atom. The summed E-state index contributed by atoms with van der Waals surface area (Å²) in [6.45, 7) is 6.64. The molecule has 0 aliphatic carbocycles. The maximum atomic E-state index is 12.6. The zero-order chi connectivity index (χ0) is 22.4. The molecule has 1 unspecified atom stereocenters. The fourth-order valence-electron chi connectivity index (χ4n) is 3.87. The molecule has 1 aliphatic heterocycles. The van der Waals surface area contributed by atoms with Crippen LogP contribution in [0.4, 0.5) is 0 Å². The van der Waals surface area contributed by atoms with Crippen LogP contribution in [0.2, 0.25) is 0 Å². The number of carbonyl (C=O) groups excluding carboxylic acids is 1. The number of piperidine rings is 1. The number of nitrogens with zero attached hydrogens (tertiary/aromatic N) is 1. The molecule has 2 aromatic rings. The first kappa shape index (κ1) is 23.4. The van der Waals surface area contributed by atoms with Crippen LogP contribution in [0, 0.1) is 12.8 Å². The monoisotopic (exact) mass is 444 g/mol. The normalized spacial score (nSPS) is 16.7. The third kappa shape index (κ3) is 6.63. The quantitative estimate of drug-likeness (QED) is 0.654. The van der Waals surface area contributed by atoms with Crippen LogP contribution in [0.3, 0.4) is 0 Å². The highest BCUT2D eigenvalue weighted by Crippen LogP contribution is 2.19. The van der Waals surface area contributed by atoms with Crippen LogP contribution in [0.1, 0.15) is 41.3 Å². The summed E-state index contributed by atoms with van der Waals surface area (Å²) in [4.78, 5) is 15.2.